The molecule has 94 valence electrons. The molecule has 0 aromatic carbocycles. The molecule has 0 aliphatic carbocycles. The second kappa shape index (κ2) is 4.44. The lowest BCUT2D eigenvalue weighted by Crippen LogP contribution is -2.33. The van der Waals surface area contributed by atoms with Gasteiger partial charge < -0.3 is 5.32 Å². The molecule has 0 saturated heterocycles. The van der Waals surface area contributed by atoms with Gasteiger partial charge in [-0.15, -0.1) is 23.1 Å². The second-order valence-electron chi connectivity index (χ2n) is 4.28. The highest BCUT2D eigenvalue weighted by atomic mass is 32.2. The molecule has 1 amide bonds. The summed E-state index contributed by atoms with van der Waals surface area (Å²) in [6, 6.07) is 1.95. The van der Waals surface area contributed by atoms with Crippen LogP contribution in [-0.2, 0) is 0 Å². The van der Waals surface area contributed by atoms with E-state index in [2.05, 4.69) is 22.4 Å². The lowest BCUT2D eigenvalue weighted by atomic mass is 9.93. The molecule has 0 bridgehead atoms. The highest BCUT2D eigenvalue weighted by Crippen LogP contribution is 2.44. The van der Waals surface area contributed by atoms with E-state index in [0.29, 0.717) is 12.5 Å². The normalized spacial score (nSPS) is 18.6. The van der Waals surface area contributed by atoms with Crippen LogP contribution in [0.25, 0.3) is 10.6 Å². The minimum atomic E-state index is 0.0467. The molecule has 1 aliphatic heterocycles. The molecule has 2 aromatic heterocycles. The zero-order chi connectivity index (χ0) is 12.7. The first-order valence-corrected chi connectivity index (χ1v) is 7.75. The van der Waals surface area contributed by atoms with Gasteiger partial charge in [-0.2, -0.15) is 5.10 Å². The van der Waals surface area contributed by atoms with E-state index in [1.54, 1.807) is 23.1 Å². The topological polar surface area (TPSA) is 57.8 Å². The van der Waals surface area contributed by atoms with Crippen LogP contribution in [0, 0.1) is 0 Å². The maximum Gasteiger partial charge on any atom is 0.253 e. The molecule has 2 aromatic rings. The molecule has 3 rings (SSSR count). The van der Waals surface area contributed by atoms with Crippen molar-refractivity contribution in [3.8, 4) is 10.6 Å². The number of H-pyrrole nitrogens is 1. The Morgan fingerprint density at radius 1 is 1.56 bits per heavy atom. The molecule has 6 heteroatoms. The third-order valence-corrected chi connectivity index (χ3v) is 5.47. The average molecular weight is 279 g/mol. The molecule has 0 saturated carbocycles. The van der Waals surface area contributed by atoms with Crippen molar-refractivity contribution < 1.29 is 4.79 Å². The highest BCUT2D eigenvalue weighted by Gasteiger charge is 2.31. The molecule has 0 spiro atoms. The second-order valence-corrected chi connectivity index (χ2v) is 6.38. The Labute approximate surface area is 113 Å². The number of thioether (sulfide) groups is 1. The predicted molar refractivity (Wildman–Crippen MR) is 74.4 cm³/mol. The number of carbonyl (C=O) groups is 1. The van der Waals surface area contributed by atoms with E-state index in [9.17, 15) is 4.79 Å². The van der Waals surface area contributed by atoms with Crippen LogP contribution >= 0.6 is 23.1 Å². The fourth-order valence-corrected chi connectivity index (χ4v) is 4.38. The number of carbonyl (C=O) groups excluding carboxylic acids is 1. The van der Waals surface area contributed by atoms with Gasteiger partial charge in [-0.05, 0) is 17.9 Å². The predicted octanol–water partition coefficient (Wildman–Crippen LogP) is 2.71. The van der Waals surface area contributed by atoms with Crippen molar-refractivity contribution in [2.45, 2.75) is 17.1 Å². The fraction of sp³-hybridized carbons (Fsp3) is 0.333. The van der Waals surface area contributed by atoms with Crippen LogP contribution in [0.1, 0.15) is 28.8 Å². The maximum atomic E-state index is 12.0. The van der Waals surface area contributed by atoms with Crippen LogP contribution in [0.3, 0.4) is 0 Å². The molecule has 4 nitrogen and oxygen atoms in total. The monoisotopic (exact) mass is 279 g/mol. The summed E-state index contributed by atoms with van der Waals surface area (Å²) in [5.74, 6) is 0.382. The van der Waals surface area contributed by atoms with E-state index in [4.69, 9.17) is 0 Å². The van der Waals surface area contributed by atoms with Gasteiger partial charge in [0.2, 0.25) is 0 Å². The van der Waals surface area contributed by atoms with Gasteiger partial charge in [0.1, 0.15) is 5.69 Å². The van der Waals surface area contributed by atoms with Crippen molar-refractivity contribution in [2.75, 3.05) is 12.8 Å². The molecular weight excluding hydrogens is 266 g/mol. The first-order chi connectivity index (χ1) is 8.72. The van der Waals surface area contributed by atoms with Crippen molar-refractivity contribution in [1.29, 1.82) is 0 Å². The minimum Gasteiger partial charge on any atom is -0.351 e. The van der Waals surface area contributed by atoms with Gasteiger partial charge in [-0.1, -0.05) is 6.92 Å². The first-order valence-electron chi connectivity index (χ1n) is 5.71. The fourth-order valence-electron chi connectivity index (χ4n) is 2.26. The number of fused-ring (bicyclic) bond motifs is 1. The van der Waals surface area contributed by atoms with Gasteiger partial charge in [0.25, 0.3) is 5.91 Å². The summed E-state index contributed by atoms with van der Waals surface area (Å²) in [4.78, 5) is 13.2. The molecule has 18 heavy (non-hydrogen) atoms. The van der Waals surface area contributed by atoms with Gasteiger partial charge in [0, 0.05) is 18.7 Å². The SMILES string of the molecule is CSc1sc(-c2cc[nH]n2)c2c1C(=O)NCC2C. The molecule has 1 unspecified atom stereocenters. The van der Waals surface area contributed by atoms with E-state index in [-0.39, 0.29) is 5.91 Å². The van der Waals surface area contributed by atoms with Crippen LogP contribution in [0.5, 0.6) is 0 Å². The summed E-state index contributed by atoms with van der Waals surface area (Å²) in [5.41, 5.74) is 2.93. The third kappa shape index (κ3) is 1.67. The Morgan fingerprint density at radius 3 is 3.06 bits per heavy atom. The summed E-state index contributed by atoms with van der Waals surface area (Å²) in [6.45, 7) is 2.85. The summed E-state index contributed by atoms with van der Waals surface area (Å²) in [7, 11) is 0. The number of hydrogen-bond acceptors (Lipinski definition) is 4. The van der Waals surface area contributed by atoms with Gasteiger partial charge in [-0.25, -0.2) is 0 Å². The molecule has 3 heterocycles. The largest absolute Gasteiger partial charge is 0.351 e. The standard InChI is InChI=1S/C12H13N3OS2/c1-6-5-13-11(16)9-8(6)10(18-12(9)17-2)7-3-4-14-15-7/h3-4,6H,5H2,1-2H3,(H,13,16)(H,14,15). The number of nitrogens with one attached hydrogen (secondary N) is 2. The number of rotatable bonds is 2. The van der Waals surface area contributed by atoms with Crippen molar-refractivity contribution in [3.05, 3.63) is 23.4 Å². The van der Waals surface area contributed by atoms with Crippen LogP contribution in [0.15, 0.2) is 16.5 Å². The molecular formula is C12H13N3OS2. The number of hydrogen-bond donors (Lipinski definition) is 2. The molecule has 2 N–H and O–H groups in total. The zero-order valence-electron chi connectivity index (χ0n) is 10.1. The number of nitrogens with zero attached hydrogens (tertiary/aromatic N) is 1. The van der Waals surface area contributed by atoms with Crippen molar-refractivity contribution >= 4 is 29.0 Å². The highest BCUT2D eigenvalue weighted by molar-refractivity contribution is 8.00. The molecule has 1 atom stereocenters. The smallest absolute Gasteiger partial charge is 0.253 e. The van der Waals surface area contributed by atoms with Crippen LogP contribution in [0.4, 0.5) is 0 Å². The lowest BCUT2D eigenvalue weighted by Gasteiger charge is -2.21. The third-order valence-electron chi connectivity index (χ3n) is 3.12. The zero-order valence-corrected chi connectivity index (χ0v) is 11.7. The van der Waals surface area contributed by atoms with Crippen molar-refractivity contribution in [3.63, 3.8) is 0 Å². The minimum absolute atomic E-state index is 0.0467. The number of amides is 1. The van der Waals surface area contributed by atoms with Crippen molar-refractivity contribution in [2.24, 2.45) is 0 Å². The quantitative estimate of drug-likeness (QED) is 0.831. The van der Waals surface area contributed by atoms with Crippen molar-refractivity contribution in [1.82, 2.24) is 15.5 Å². The molecule has 1 aliphatic rings. The Bertz CT molecular complexity index is 589. The summed E-state index contributed by atoms with van der Waals surface area (Å²) in [6.07, 6.45) is 3.82. The Morgan fingerprint density at radius 2 is 2.39 bits per heavy atom. The van der Waals surface area contributed by atoms with Crippen LogP contribution in [-0.4, -0.2) is 28.9 Å². The lowest BCUT2D eigenvalue weighted by molar-refractivity contribution is 0.0939. The van der Waals surface area contributed by atoms with Gasteiger partial charge >= 0.3 is 0 Å². The van der Waals surface area contributed by atoms with Gasteiger partial charge in [0.15, 0.2) is 0 Å². The van der Waals surface area contributed by atoms with Crippen LogP contribution < -0.4 is 5.32 Å². The maximum absolute atomic E-state index is 12.0. The summed E-state index contributed by atoms with van der Waals surface area (Å²) >= 11 is 3.29. The Hall–Kier alpha value is -1.27. The van der Waals surface area contributed by atoms with Crippen LogP contribution in [0.2, 0.25) is 0 Å². The van der Waals surface area contributed by atoms with Gasteiger partial charge in [-0.3, -0.25) is 9.89 Å². The van der Waals surface area contributed by atoms with E-state index >= 15 is 0 Å². The summed E-state index contributed by atoms with van der Waals surface area (Å²) < 4.78 is 1.08. The van der Waals surface area contributed by atoms with E-state index in [0.717, 1.165) is 25.9 Å². The van der Waals surface area contributed by atoms with Gasteiger partial charge in [0.05, 0.1) is 14.6 Å². The van der Waals surface area contributed by atoms with E-state index in [1.165, 1.54) is 0 Å². The first kappa shape index (κ1) is 11.8. The average Bonchev–Trinajstić information content (AvgIpc) is 2.99. The number of aromatic nitrogens is 2. The number of aromatic amines is 1. The number of thiophene rings is 1. The summed E-state index contributed by atoms with van der Waals surface area (Å²) in [5, 5.41) is 10.0. The van der Waals surface area contributed by atoms with E-state index < -0.39 is 0 Å². The molecule has 0 fully saturated rings. The Kier molecular flexibility index (Phi) is 2.91. The molecule has 0 radical (unpaired) electrons. The van der Waals surface area contributed by atoms with E-state index in [1.807, 2.05) is 18.5 Å². The Balaban J connectivity index is 2.25.